The number of hydrazone groups is 1. The minimum absolute atomic E-state index is 0.0609. The van der Waals surface area contributed by atoms with E-state index in [1.807, 2.05) is 19.9 Å². The number of aromatic hydroxyl groups is 1. The van der Waals surface area contributed by atoms with Gasteiger partial charge >= 0.3 is 0 Å². The van der Waals surface area contributed by atoms with Crippen molar-refractivity contribution in [3.8, 4) is 17.1 Å². The summed E-state index contributed by atoms with van der Waals surface area (Å²) < 4.78 is 13.0. The summed E-state index contributed by atoms with van der Waals surface area (Å²) in [4.78, 5) is 15.3. The lowest BCUT2D eigenvalue weighted by Crippen LogP contribution is -2.24. The fraction of sp³-hybridized carbons (Fsp3) is 0.250. The van der Waals surface area contributed by atoms with Crippen LogP contribution in [0, 0.1) is 5.82 Å². The van der Waals surface area contributed by atoms with E-state index < -0.39 is 5.91 Å². The molecule has 0 saturated heterocycles. The number of aromatic nitrogens is 4. The molecule has 0 spiro atoms. The number of nitrogens with one attached hydrogen (secondary N) is 1. The quantitative estimate of drug-likeness (QED) is 0.434. The summed E-state index contributed by atoms with van der Waals surface area (Å²) in [7, 11) is 0. The van der Waals surface area contributed by atoms with Gasteiger partial charge in [0.25, 0.3) is 5.91 Å². The van der Waals surface area contributed by atoms with Gasteiger partial charge in [-0.05, 0) is 61.5 Å². The Morgan fingerprint density at radius 3 is 2.67 bits per heavy atom. The van der Waals surface area contributed by atoms with Crippen molar-refractivity contribution in [1.29, 1.82) is 0 Å². The monoisotopic (exact) mass is 411 g/mol. The largest absolute Gasteiger partial charge is 0.507 e. The zero-order valence-electron chi connectivity index (χ0n) is 16.7. The van der Waals surface area contributed by atoms with Gasteiger partial charge in [0.2, 0.25) is 5.82 Å². The van der Waals surface area contributed by atoms with Gasteiger partial charge in [0.1, 0.15) is 18.1 Å². The zero-order chi connectivity index (χ0) is 21.5. The number of carbonyl (C=O) groups is 1. The van der Waals surface area contributed by atoms with Crippen LogP contribution in [-0.4, -0.2) is 50.5 Å². The lowest BCUT2D eigenvalue weighted by atomic mass is 10.2. The number of hydrogen-bond donors (Lipinski definition) is 2. The number of phenolic OH excluding ortho intramolecular Hbond substituents is 1. The van der Waals surface area contributed by atoms with Crippen LogP contribution in [0.25, 0.3) is 11.4 Å². The lowest BCUT2D eigenvalue weighted by Gasteiger charge is -2.21. The third kappa shape index (κ3) is 5.16. The molecule has 1 heterocycles. The van der Waals surface area contributed by atoms with E-state index in [9.17, 15) is 14.3 Å². The molecule has 1 amide bonds. The Labute approximate surface area is 172 Å². The predicted molar refractivity (Wildman–Crippen MR) is 111 cm³/mol. The van der Waals surface area contributed by atoms with Gasteiger partial charge < -0.3 is 10.0 Å². The fourth-order valence-corrected chi connectivity index (χ4v) is 2.79. The van der Waals surface area contributed by atoms with Crippen molar-refractivity contribution in [2.24, 2.45) is 5.10 Å². The summed E-state index contributed by atoms with van der Waals surface area (Å²) in [5, 5.41) is 25.7. The maximum absolute atomic E-state index is 13.0. The normalized spacial score (nSPS) is 11.0. The van der Waals surface area contributed by atoms with Crippen LogP contribution in [0.15, 0.2) is 47.6 Å². The van der Waals surface area contributed by atoms with Crippen LogP contribution >= 0.6 is 0 Å². The third-order valence-electron chi connectivity index (χ3n) is 4.37. The Bertz CT molecular complexity index is 1030. The third-order valence-corrected chi connectivity index (χ3v) is 4.37. The Hall–Kier alpha value is -3.82. The van der Waals surface area contributed by atoms with Crippen molar-refractivity contribution >= 4 is 17.8 Å². The maximum Gasteiger partial charge on any atom is 0.263 e. The highest BCUT2D eigenvalue weighted by Crippen LogP contribution is 2.22. The molecule has 30 heavy (non-hydrogen) atoms. The fourth-order valence-electron chi connectivity index (χ4n) is 2.79. The van der Waals surface area contributed by atoms with Crippen molar-refractivity contribution in [2.45, 2.75) is 20.4 Å². The molecule has 1 aromatic heterocycles. The van der Waals surface area contributed by atoms with E-state index in [0.29, 0.717) is 11.1 Å². The van der Waals surface area contributed by atoms with E-state index in [1.54, 1.807) is 12.1 Å². The number of amides is 1. The maximum atomic E-state index is 13.0. The van der Waals surface area contributed by atoms with E-state index in [4.69, 9.17) is 0 Å². The first kappa shape index (κ1) is 20.9. The topological polar surface area (TPSA) is 109 Å². The minimum Gasteiger partial charge on any atom is -0.507 e. The molecular weight excluding hydrogens is 389 g/mol. The smallest absolute Gasteiger partial charge is 0.263 e. The number of anilines is 1. The predicted octanol–water partition coefficient (Wildman–Crippen LogP) is 2.18. The van der Waals surface area contributed by atoms with Crippen LogP contribution in [0.3, 0.4) is 0 Å². The van der Waals surface area contributed by atoms with Crippen molar-refractivity contribution in [3.05, 3.63) is 53.8 Å². The van der Waals surface area contributed by atoms with Crippen molar-refractivity contribution in [3.63, 3.8) is 0 Å². The Morgan fingerprint density at radius 1 is 1.23 bits per heavy atom. The van der Waals surface area contributed by atoms with Gasteiger partial charge in [-0.25, -0.2) is 9.82 Å². The first-order valence-electron chi connectivity index (χ1n) is 9.43. The lowest BCUT2D eigenvalue weighted by molar-refractivity contribution is -0.122. The van der Waals surface area contributed by atoms with Crippen molar-refractivity contribution in [2.75, 3.05) is 18.0 Å². The summed E-state index contributed by atoms with van der Waals surface area (Å²) in [6.45, 7) is 5.56. The molecule has 0 bridgehead atoms. The van der Waals surface area contributed by atoms with Crippen LogP contribution in [0.1, 0.15) is 19.4 Å². The summed E-state index contributed by atoms with van der Waals surface area (Å²) in [6.07, 6.45) is 1.37. The molecule has 3 rings (SSSR count). The average molecular weight is 411 g/mol. The average Bonchev–Trinajstić information content (AvgIpc) is 3.20. The highest BCUT2D eigenvalue weighted by molar-refractivity contribution is 5.86. The summed E-state index contributed by atoms with van der Waals surface area (Å²) in [5.41, 5.74) is 4.39. The van der Waals surface area contributed by atoms with Gasteiger partial charge in [0.05, 0.1) is 6.21 Å². The number of tetrazole rings is 1. The molecule has 0 aliphatic heterocycles. The van der Waals surface area contributed by atoms with Crippen LogP contribution in [0.2, 0.25) is 0 Å². The second-order valence-corrected chi connectivity index (χ2v) is 6.36. The summed E-state index contributed by atoms with van der Waals surface area (Å²) >= 11 is 0. The van der Waals surface area contributed by atoms with Crippen molar-refractivity contribution < 1.29 is 14.3 Å². The SMILES string of the molecule is CCN(CC)c1ccc(O)c(/C=N/NC(=O)Cn2nnc(-c3ccc(F)cc3)n2)c1. The highest BCUT2D eigenvalue weighted by atomic mass is 19.1. The summed E-state index contributed by atoms with van der Waals surface area (Å²) in [5.74, 6) is -0.485. The molecule has 3 aromatic rings. The molecule has 0 saturated carbocycles. The Kier molecular flexibility index (Phi) is 6.68. The van der Waals surface area contributed by atoms with Gasteiger partial charge in [-0.15, -0.1) is 10.2 Å². The molecule has 2 N–H and O–H groups in total. The molecule has 2 aromatic carbocycles. The highest BCUT2D eigenvalue weighted by Gasteiger charge is 2.10. The van der Waals surface area contributed by atoms with Crippen LogP contribution in [-0.2, 0) is 11.3 Å². The van der Waals surface area contributed by atoms with E-state index in [-0.39, 0.29) is 23.9 Å². The molecule has 0 aliphatic rings. The molecule has 156 valence electrons. The second kappa shape index (κ2) is 9.59. The first-order valence-corrected chi connectivity index (χ1v) is 9.43. The van der Waals surface area contributed by atoms with E-state index in [1.165, 1.54) is 30.5 Å². The molecule has 0 radical (unpaired) electrons. The number of benzene rings is 2. The molecule has 10 heteroatoms. The van der Waals surface area contributed by atoms with Crippen LogP contribution < -0.4 is 10.3 Å². The second-order valence-electron chi connectivity index (χ2n) is 6.36. The van der Waals surface area contributed by atoms with Gasteiger partial charge in [-0.2, -0.15) is 9.90 Å². The van der Waals surface area contributed by atoms with Crippen molar-refractivity contribution in [1.82, 2.24) is 25.6 Å². The summed E-state index contributed by atoms with van der Waals surface area (Å²) in [6, 6.07) is 10.9. The van der Waals surface area contributed by atoms with E-state index in [2.05, 4.69) is 30.8 Å². The molecule has 0 aliphatic carbocycles. The number of carbonyl (C=O) groups excluding carboxylic acids is 1. The molecule has 0 atom stereocenters. The Morgan fingerprint density at radius 2 is 1.97 bits per heavy atom. The number of phenols is 1. The van der Waals surface area contributed by atoms with Gasteiger partial charge in [-0.3, -0.25) is 4.79 Å². The minimum atomic E-state index is -0.464. The van der Waals surface area contributed by atoms with Gasteiger partial charge in [0.15, 0.2) is 0 Å². The van der Waals surface area contributed by atoms with Gasteiger partial charge in [0, 0.05) is 29.9 Å². The number of halogens is 1. The first-order chi connectivity index (χ1) is 14.5. The standard InChI is InChI=1S/C20H22FN7O2/c1-3-27(4-2)17-9-10-18(29)15(11-17)12-22-23-19(30)13-28-25-20(24-26-28)14-5-7-16(21)8-6-14/h5-12,29H,3-4,13H2,1-2H3,(H,23,30)/b22-12+. The van der Waals surface area contributed by atoms with Crippen LogP contribution in [0.5, 0.6) is 5.75 Å². The molecule has 0 fully saturated rings. The number of hydrogen-bond acceptors (Lipinski definition) is 7. The number of rotatable bonds is 8. The van der Waals surface area contributed by atoms with Crippen LogP contribution in [0.4, 0.5) is 10.1 Å². The zero-order valence-corrected chi connectivity index (χ0v) is 16.7. The van der Waals surface area contributed by atoms with E-state index >= 15 is 0 Å². The van der Waals surface area contributed by atoms with E-state index in [0.717, 1.165) is 23.6 Å². The molecule has 0 unspecified atom stereocenters. The molecular formula is C20H22FN7O2. The number of nitrogens with zero attached hydrogens (tertiary/aromatic N) is 6. The molecule has 9 nitrogen and oxygen atoms in total. The Balaban J connectivity index is 1.60. The van der Waals surface area contributed by atoms with Gasteiger partial charge in [-0.1, -0.05) is 0 Å².